The first-order valence-electron chi connectivity index (χ1n) is 9.08. The van der Waals surface area contributed by atoms with Gasteiger partial charge < -0.3 is 15.2 Å². The van der Waals surface area contributed by atoms with Crippen LogP contribution >= 0.6 is 0 Å². The highest BCUT2D eigenvalue weighted by atomic mass is 16.5. The predicted octanol–water partition coefficient (Wildman–Crippen LogP) is 2.76. The maximum Gasteiger partial charge on any atom is 0.327 e. The van der Waals surface area contributed by atoms with Crippen molar-refractivity contribution < 1.29 is 24.2 Å². The lowest BCUT2D eigenvalue weighted by Crippen LogP contribution is -2.49. The second kappa shape index (κ2) is 8.56. The molecule has 0 aliphatic carbocycles. The normalized spacial score (nSPS) is 15.8. The SMILES string of the molecule is CC(CCOc1ccc(-c2ccccc2)cc1)C(C(=O)O)N1C(=O)CNC1=O. The smallest absolute Gasteiger partial charge is 0.327 e. The first-order valence-corrected chi connectivity index (χ1v) is 9.08. The van der Waals surface area contributed by atoms with Crippen LogP contribution in [0.2, 0.25) is 0 Å². The van der Waals surface area contributed by atoms with Gasteiger partial charge in [-0.1, -0.05) is 49.4 Å². The molecule has 7 heteroatoms. The summed E-state index contributed by atoms with van der Waals surface area (Å²) in [5.41, 5.74) is 2.19. The minimum atomic E-state index is -1.21. The van der Waals surface area contributed by atoms with Crippen molar-refractivity contribution in [2.45, 2.75) is 19.4 Å². The van der Waals surface area contributed by atoms with Crippen LogP contribution in [-0.4, -0.2) is 47.1 Å². The molecule has 2 N–H and O–H groups in total. The van der Waals surface area contributed by atoms with E-state index in [2.05, 4.69) is 5.32 Å². The van der Waals surface area contributed by atoms with E-state index in [1.165, 1.54) is 0 Å². The van der Waals surface area contributed by atoms with Gasteiger partial charge in [0.05, 0.1) is 13.2 Å². The molecule has 7 nitrogen and oxygen atoms in total. The number of aliphatic carboxylic acids is 1. The highest BCUT2D eigenvalue weighted by Gasteiger charge is 2.41. The van der Waals surface area contributed by atoms with Crippen LogP contribution < -0.4 is 10.1 Å². The number of carbonyl (C=O) groups excluding carboxylic acids is 2. The average Bonchev–Trinajstić information content (AvgIpc) is 3.02. The van der Waals surface area contributed by atoms with Crippen LogP contribution in [0.3, 0.4) is 0 Å². The van der Waals surface area contributed by atoms with Crippen molar-refractivity contribution in [2.24, 2.45) is 5.92 Å². The van der Waals surface area contributed by atoms with Crippen LogP contribution in [0.15, 0.2) is 54.6 Å². The van der Waals surface area contributed by atoms with E-state index in [1.54, 1.807) is 6.92 Å². The van der Waals surface area contributed by atoms with E-state index in [4.69, 9.17) is 4.74 Å². The van der Waals surface area contributed by atoms with Crippen molar-refractivity contribution >= 4 is 17.9 Å². The maximum absolute atomic E-state index is 11.8. The minimum Gasteiger partial charge on any atom is -0.494 e. The Labute approximate surface area is 162 Å². The van der Waals surface area contributed by atoms with Gasteiger partial charge in [-0.05, 0) is 35.6 Å². The molecule has 3 rings (SSSR count). The first-order chi connectivity index (χ1) is 13.5. The van der Waals surface area contributed by atoms with E-state index in [0.29, 0.717) is 12.2 Å². The summed E-state index contributed by atoms with van der Waals surface area (Å²) in [5.74, 6) is -1.51. The highest BCUT2D eigenvalue weighted by Crippen LogP contribution is 2.23. The third kappa shape index (κ3) is 4.31. The lowest BCUT2D eigenvalue weighted by Gasteiger charge is -2.26. The van der Waals surface area contributed by atoms with E-state index in [9.17, 15) is 19.5 Å². The Bertz CT molecular complexity index is 835. The maximum atomic E-state index is 11.8. The molecule has 2 aromatic rings. The van der Waals surface area contributed by atoms with Gasteiger partial charge in [0, 0.05) is 0 Å². The first kappa shape index (κ1) is 19.4. The molecule has 2 unspecified atom stereocenters. The molecule has 0 radical (unpaired) electrons. The van der Waals surface area contributed by atoms with Crippen molar-refractivity contribution in [3.63, 3.8) is 0 Å². The van der Waals surface area contributed by atoms with Gasteiger partial charge in [0.2, 0.25) is 0 Å². The van der Waals surface area contributed by atoms with Crippen molar-refractivity contribution in [1.29, 1.82) is 0 Å². The van der Waals surface area contributed by atoms with E-state index in [1.807, 2.05) is 54.6 Å². The van der Waals surface area contributed by atoms with E-state index in [-0.39, 0.29) is 13.2 Å². The zero-order valence-corrected chi connectivity index (χ0v) is 15.5. The number of nitrogens with zero attached hydrogens (tertiary/aromatic N) is 1. The number of ether oxygens (including phenoxy) is 1. The summed E-state index contributed by atoms with van der Waals surface area (Å²) in [5, 5.41) is 11.8. The van der Waals surface area contributed by atoms with Crippen molar-refractivity contribution in [3.05, 3.63) is 54.6 Å². The Balaban J connectivity index is 1.57. The number of carbonyl (C=O) groups is 3. The molecule has 0 spiro atoms. The lowest BCUT2D eigenvalue weighted by atomic mass is 9.97. The largest absolute Gasteiger partial charge is 0.494 e. The van der Waals surface area contributed by atoms with E-state index >= 15 is 0 Å². The number of amides is 3. The zero-order valence-electron chi connectivity index (χ0n) is 15.5. The minimum absolute atomic E-state index is 0.167. The van der Waals surface area contributed by atoms with Gasteiger partial charge in [0.15, 0.2) is 0 Å². The summed E-state index contributed by atoms with van der Waals surface area (Å²) >= 11 is 0. The van der Waals surface area contributed by atoms with Crippen LogP contribution in [-0.2, 0) is 9.59 Å². The summed E-state index contributed by atoms with van der Waals surface area (Å²) in [7, 11) is 0. The Morgan fingerprint density at radius 3 is 2.32 bits per heavy atom. The van der Waals surface area contributed by atoms with Crippen LogP contribution in [0.4, 0.5) is 4.79 Å². The fraction of sp³-hybridized carbons (Fsp3) is 0.286. The van der Waals surface area contributed by atoms with Crippen LogP contribution in [0.1, 0.15) is 13.3 Å². The van der Waals surface area contributed by atoms with Gasteiger partial charge in [-0.15, -0.1) is 0 Å². The van der Waals surface area contributed by atoms with Gasteiger partial charge in [0.25, 0.3) is 5.91 Å². The molecule has 28 heavy (non-hydrogen) atoms. The molecule has 2 atom stereocenters. The molecular weight excluding hydrogens is 360 g/mol. The van der Waals surface area contributed by atoms with Gasteiger partial charge in [0.1, 0.15) is 11.8 Å². The molecule has 3 amide bonds. The Morgan fingerprint density at radius 1 is 1.11 bits per heavy atom. The average molecular weight is 382 g/mol. The third-order valence-corrected chi connectivity index (χ3v) is 4.75. The second-order valence-electron chi connectivity index (χ2n) is 6.71. The zero-order chi connectivity index (χ0) is 20.1. The number of urea groups is 1. The van der Waals surface area contributed by atoms with E-state index < -0.39 is 29.9 Å². The third-order valence-electron chi connectivity index (χ3n) is 4.75. The van der Waals surface area contributed by atoms with Gasteiger partial charge in [-0.25, -0.2) is 14.5 Å². The molecular formula is C21H22N2O5. The predicted molar refractivity (Wildman–Crippen MR) is 103 cm³/mol. The fourth-order valence-corrected chi connectivity index (χ4v) is 3.22. The molecule has 1 fully saturated rings. The number of carboxylic acids is 1. The molecule has 0 aromatic heterocycles. The number of hydrogen-bond acceptors (Lipinski definition) is 4. The number of imide groups is 1. The molecule has 1 heterocycles. The van der Waals surface area contributed by atoms with Crippen molar-refractivity contribution in [3.8, 4) is 16.9 Å². The molecule has 1 aliphatic rings. The summed E-state index contributed by atoms with van der Waals surface area (Å²) < 4.78 is 5.72. The topological polar surface area (TPSA) is 95.9 Å². The number of carboxylic acid groups (broad SMARTS) is 1. The number of nitrogens with one attached hydrogen (secondary N) is 1. The summed E-state index contributed by atoms with van der Waals surface area (Å²) in [4.78, 5) is 36.0. The molecule has 146 valence electrons. The van der Waals surface area contributed by atoms with Gasteiger partial charge in [-0.2, -0.15) is 0 Å². The summed E-state index contributed by atoms with van der Waals surface area (Å²) in [6.07, 6.45) is 0.383. The Hall–Kier alpha value is -3.35. The molecule has 1 saturated heterocycles. The molecule has 0 bridgehead atoms. The van der Waals surface area contributed by atoms with E-state index in [0.717, 1.165) is 16.0 Å². The molecule has 2 aromatic carbocycles. The highest BCUT2D eigenvalue weighted by molar-refractivity contribution is 6.04. The molecule has 0 saturated carbocycles. The van der Waals surface area contributed by atoms with Crippen molar-refractivity contribution in [1.82, 2.24) is 10.2 Å². The van der Waals surface area contributed by atoms with Crippen molar-refractivity contribution in [2.75, 3.05) is 13.2 Å². The second-order valence-corrected chi connectivity index (χ2v) is 6.71. The monoisotopic (exact) mass is 382 g/mol. The molecule has 1 aliphatic heterocycles. The van der Waals surface area contributed by atoms with Gasteiger partial charge in [-0.3, -0.25) is 4.79 Å². The van der Waals surface area contributed by atoms with Crippen LogP contribution in [0.5, 0.6) is 5.75 Å². The van der Waals surface area contributed by atoms with Gasteiger partial charge >= 0.3 is 12.0 Å². The quantitative estimate of drug-likeness (QED) is 0.685. The summed E-state index contributed by atoms with van der Waals surface area (Å²) in [6.45, 7) is 1.80. The fourth-order valence-electron chi connectivity index (χ4n) is 3.22. The van der Waals surface area contributed by atoms with Crippen LogP contribution in [0, 0.1) is 5.92 Å². The lowest BCUT2D eigenvalue weighted by molar-refractivity contribution is -0.148. The number of benzene rings is 2. The number of rotatable bonds is 8. The Kier molecular flexibility index (Phi) is 5.93. The summed E-state index contributed by atoms with van der Waals surface area (Å²) in [6, 6.07) is 15.7. The van der Waals surface area contributed by atoms with Crippen LogP contribution in [0.25, 0.3) is 11.1 Å². The standard InChI is InChI=1S/C21H22N2O5/c1-14(19(20(25)26)23-18(24)13-22-21(23)27)11-12-28-17-9-7-16(8-10-17)15-5-3-2-4-6-15/h2-10,14,19H,11-13H2,1H3,(H,22,27)(H,25,26). The Morgan fingerprint density at radius 2 is 1.75 bits per heavy atom. The number of hydrogen-bond donors (Lipinski definition) is 2.